The van der Waals surface area contributed by atoms with Crippen molar-refractivity contribution >= 4 is 23.4 Å². The van der Waals surface area contributed by atoms with Gasteiger partial charge >= 0.3 is 0 Å². The van der Waals surface area contributed by atoms with Gasteiger partial charge in [-0.05, 0) is 25.5 Å². The summed E-state index contributed by atoms with van der Waals surface area (Å²) < 4.78 is 1.01. The van der Waals surface area contributed by atoms with Gasteiger partial charge in [-0.3, -0.25) is 4.79 Å². The monoisotopic (exact) mass is 296 g/mol. The van der Waals surface area contributed by atoms with Gasteiger partial charge in [0.2, 0.25) is 5.16 Å². The fraction of sp³-hybridized carbons (Fsp3) is 0.250. The Labute approximate surface area is 119 Å². The molecule has 1 heterocycles. The van der Waals surface area contributed by atoms with E-state index in [9.17, 15) is 4.79 Å². The van der Waals surface area contributed by atoms with Gasteiger partial charge in [0, 0.05) is 10.3 Å². The first-order valence-corrected chi connectivity index (χ1v) is 6.89. The molecule has 1 unspecified atom stereocenters. The molecule has 2 aromatic rings. The van der Waals surface area contributed by atoms with E-state index in [-0.39, 0.29) is 16.5 Å². The first kappa shape index (κ1) is 13.9. The molecule has 0 amide bonds. The highest BCUT2D eigenvalue weighted by Gasteiger charge is 2.15. The van der Waals surface area contributed by atoms with Gasteiger partial charge in [0.25, 0.3) is 5.56 Å². The van der Waals surface area contributed by atoms with E-state index in [0.717, 1.165) is 10.2 Å². The Kier molecular flexibility index (Phi) is 4.11. The summed E-state index contributed by atoms with van der Waals surface area (Å²) in [5.41, 5.74) is 0.894. The van der Waals surface area contributed by atoms with E-state index in [4.69, 9.17) is 17.4 Å². The second kappa shape index (κ2) is 5.63. The van der Waals surface area contributed by atoms with Crippen molar-refractivity contribution in [3.8, 4) is 0 Å². The largest absolute Gasteiger partial charge is 0.334 e. The molecule has 0 saturated carbocycles. The fourth-order valence-corrected chi connectivity index (χ4v) is 2.87. The number of rotatable bonds is 3. The Morgan fingerprint density at radius 1 is 1.37 bits per heavy atom. The molecule has 0 fully saturated rings. The van der Waals surface area contributed by atoms with Crippen LogP contribution >= 0.6 is 23.4 Å². The van der Waals surface area contributed by atoms with Crippen LogP contribution in [-0.2, 0) is 0 Å². The number of nitrogens with zero attached hydrogens (tertiary/aromatic N) is 3. The minimum absolute atomic E-state index is 0.0138. The van der Waals surface area contributed by atoms with E-state index in [1.165, 1.54) is 11.8 Å². The Hall–Kier alpha value is -1.53. The van der Waals surface area contributed by atoms with E-state index in [2.05, 4.69) is 10.2 Å². The first-order valence-electron chi connectivity index (χ1n) is 5.63. The summed E-state index contributed by atoms with van der Waals surface area (Å²) in [5, 5.41) is 8.79. The molecule has 7 heteroatoms. The maximum absolute atomic E-state index is 11.7. The van der Waals surface area contributed by atoms with Crippen molar-refractivity contribution in [1.82, 2.24) is 14.9 Å². The smallest absolute Gasteiger partial charge is 0.294 e. The molecule has 0 radical (unpaired) electrons. The summed E-state index contributed by atoms with van der Waals surface area (Å²) >= 11 is 7.47. The maximum Gasteiger partial charge on any atom is 0.294 e. The van der Waals surface area contributed by atoms with Gasteiger partial charge in [-0.25, -0.2) is 0 Å². The number of hydrogen-bond donors (Lipinski definition) is 1. The molecule has 0 bridgehead atoms. The molecule has 1 aromatic carbocycles. The molecule has 1 atom stereocenters. The first-order chi connectivity index (χ1) is 9.00. The molecule has 19 heavy (non-hydrogen) atoms. The lowest BCUT2D eigenvalue weighted by Gasteiger charge is -2.13. The number of nitrogen functional groups attached to an aromatic ring is 1. The molecule has 0 spiro atoms. The van der Waals surface area contributed by atoms with Gasteiger partial charge in [-0.2, -0.15) is 4.68 Å². The zero-order valence-corrected chi connectivity index (χ0v) is 12.1. The van der Waals surface area contributed by atoms with Crippen LogP contribution in [0.1, 0.15) is 23.4 Å². The summed E-state index contributed by atoms with van der Waals surface area (Å²) in [6, 6.07) is 7.53. The van der Waals surface area contributed by atoms with Crippen LogP contribution in [0.3, 0.4) is 0 Å². The number of aromatic nitrogens is 3. The predicted molar refractivity (Wildman–Crippen MR) is 76.9 cm³/mol. The molecule has 100 valence electrons. The van der Waals surface area contributed by atoms with E-state index in [0.29, 0.717) is 10.2 Å². The second-order valence-corrected chi connectivity index (χ2v) is 5.74. The molecule has 0 aliphatic carbocycles. The number of thioether (sulfide) groups is 1. The van der Waals surface area contributed by atoms with Gasteiger partial charge < -0.3 is 5.84 Å². The maximum atomic E-state index is 11.7. The Bertz CT molecular complexity index is 658. The Balaban J connectivity index is 2.30. The van der Waals surface area contributed by atoms with Gasteiger partial charge in [0.1, 0.15) is 5.69 Å². The van der Waals surface area contributed by atoms with E-state index in [1.807, 2.05) is 31.2 Å². The van der Waals surface area contributed by atoms with Crippen LogP contribution in [0.25, 0.3) is 0 Å². The highest BCUT2D eigenvalue weighted by molar-refractivity contribution is 7.99. The third kappa shape index (κ3) is 2.90. The zero-order valence-electron chi connectivity index (χ0n) is 10.5. The lowest BCUT2D eigenvalue weighted by molar-refractivity contribution is 0.679. The van der Waals surface area contributed by atoms with Crippen LogP contribution < -0.4 is 11.4 Å². The molecule has 1 aromatic heterocycles. The molecule has 0 aliphatic rings. The summed E-state index contributed by atoms with van der Waals surface area (Å²) in [4.78, 5) is 11.7. The van der Waals surface area contributed by atoms with Crippen molar-refractivity contribution in [1.29, 1.82) is 0 Å². The number of aryl methyl sites for hydroxylation is 1. The molecule has 2 N–H and O–H groups in total. The van der Waals surface area contributed by atoms with Gasteiger partial charge in [-0.1, -0.05) is 41.6 Å². The van der Waals surface area contributed by atoms with E-state index in [1.54, 1.807) is 6.92 Å². The third-order valence-electron chi connectivity index (χ3n) is 2.65. The lowest BCUT2D eigenvalue weighted by Crippen LogP contribution is -2.32. The molecule has 2 rings (SSSR count). The van der Waals surface area contributed by atoms with Crippen molar-refractivity contribution in [2.24, 2.45) is 0 Å². The highest BCUT2D eigenvalue weighted by Crippen LogP contribution is 2.35. The van der Waals surface area contributed by atoms with Crippen molar-refractivity contribution in [3.63, 3.8) is 0 Å². The SMILES string of the molecule is Cc1nnc(SC(C)c2ccccc2Cl)n(N)c1=O. The quantitative estimate of drug-likeness (QED) is 0.694. The summed E-state index contributed by atoms with van der Waals surface area (Å²) in [6.45, 7) is 3.54. The van der Waals surface area contributed by atoms with Gasteiger partial charge in [0.15, 0.2) is 0 Å². The van der Waals surface area contributed by atoms with E-state index >= 15 is 0 Å². The topological polar surface area (TPSA) is 73.8 Å². The van der Waals surface area contributed by atoms with Crippen LogP contribution in [-0.4, -0.2) is 14.9 Å². The lowest BCUT2D eigenvalue weighted by atomic mass is 10.2. The average molecular weight is 297 g/mol. The van der Waals surface area contributed by atoms with Crippen LogP contribution in [0.4, 0.5) is 0 Å². The number of nitrogens with two attached hydrogens (primary N) is 1. The Morgan fingerprint density at radius 3 is 2.74 bits per heavy atom. The summed E-state index contributed by atoms with van der Waals surface area (Å²) in [5.74, 6) is 5.70. The highest BCUT2D eigenvalue weighted by atomic mass is 35.5. The fourth-order valence-electron chi connectivity index (χ4n) is 1.58. The molecule has 0 saturated heterocycles. The van der Waals surface area contributed by atoms with Crippen LogP contribution in [0, 0.1) is 6.92 Å². The van der Waals surface area contributed by atoms with Crippen molar-refractivity contribution in [2.45, 2.75) is 24.3 Å². The second-order valence-electron chi connectivity index (χ2n) is 4.02. The minimum Gasteiger partial charge on any atom is -0.334 e. The average Bonchev–Trinajstić information content (AvgIpc) is 2.40. The number of benzene rings is 1. The Morgan fingerprint density at radius 2 is 2.05 bits per heavy atom. The van der Waals surface area contributed by atoms with Crippen LogP contribution in [0.2, 0.25) is 5.02 Å². The number of hydrogen-bond acceptors (Lipinski definition) is 5. The zero-order chi connectivity index (χ0) is 14.0. The van der Waals surface area contributed by atoms with Gasteiger partial charge in [-0.15, -0.1) is 10.2 Å². The molecular weight excluding hydrogens is 284 g/mol. The van der Waals surface area contributed by atoms with Crippen molar-refractivity contribution in [2.75, 3.05) is 5.84 Å². The number of halogens is 1. The molecule has 0 aliphatic heterocycles. The molecule has 5 nitrogen and oxygen atoms in total. The molecular formula is C12H13ClN4OS. The summed E-state index contributed by atoms with van der Waals surface area (Å²) in [7, 11) is 0. The normalized spacial score (nSPS) is 12.4. The van der Waals surface area contributed by atoms with Gasteiger partial charge in [0.05, 0.1) is 0 Å². The summed E-state index contributed by atoms with van der Waals surface area (Å²) in [6.07, 6.45) is 0. The predicted octanol–water partition coefficient (Wildman–Crippen LogP) is 2.17. The van der Waals surface area contributed by atoms with Crippen molar-refractivity contribution in [3.05, 3.63) is 50.9 Å². The van der Waals surface area contributed by atoms with Crippen LogP contribution in [0.15, 0.2) is 34.2 Å². The minimum atomic E-state index is -0.344. The van der Waals surface area contributed by atoms with Crippen LogP contribution in [0.5, 0.6) is 0 Å². The van der Waals surface area contributed by atoms with Crippen molar-refractivity contribution < 1.29 is 0 Å². The third-order valence-corrected chi connectivity index (χ3v) is 4.09. The standard InChI is InChI=1S/C12H13ClN4OS/c1-7-11(18)17(14)12(16-15-7)19-8(2)9-5-3-4-6-10(9)13/h3-6,8H,14H2,1-2H3. The van der Waals surface area contributed by atoms with E-state index < -0.39 is 0 Å².